The Morgan fingerprint density at radius 1 is 1.00 bits per heavy atom. The van der Waals surface area contributed by atoms with E-state index in [1.807, 2.05) is 11.8 Å². The van der Waals surface area contributed by atoms with Crippen LogP contribution < -0.4 is 0 Å². The lowest BCUT2D eigenvalue weighted by Crippen LogP contribution is -2.07. The number of hydrogen-bond acceptors (Lipinski definition) is 2. The van der Waals surface area contributed by atoms with Gasteiger partial charge in [0.1, 0.15) is 0 Å². The van der Waals surface area contributed by atoms with E-state index in [0.717, 1.165) is 12.1 Å². The molecule has 98 valence electrons. The average molecular weight is 269 g/mol. The first-order chi connectivity index (χ1) is 9.22. The summed E-state index contributed by atoms with van der Waals surface area (Å²) in [4.78, 5) is 7.45. The van der Waals surface area contributed by atoms with Crippen LogP contribution in [0.3, 0.4) is 0 Å². The normalized spacial score (nSPS) is 14.2. The smallest absolute Gasteiger partial charge is 0.0450 e. The van der Waals surface area contributed by atoms with Crippen molar-refractivity contribution < 1.29 is 0 Å². The van der Waals surface area contributed by atoms with E-state index in [9.17, 15) is 0 Å². The summed E-state index contributed by atoms with van der Waals surface area (Å²) in [7, 11) is 0. The summed E-state index contributed by atoms with van der Waals surface area (Å²) in [6.45, 7) is 4.24. The van der Waals surface area contributed by atoms with Gasteiger partial charge in [0.15, 0.2) is 0 Å². The SMILES string of the molecule is Cc1ccc(Sc2cc(C)nc3c2CCCC3)cc1. The van der Waals surface area contributed by atoms with Gasteiger partial charge in [0, 0.05) is 21.2 Å². The lowest BCUT2D eigenvalue weighted by Gasteiger charge is -2.19. The molecule has 0 N–H and O–H groups in total. The molecule has 0 saturated heterocycles. The summed E-state index contributed by atoms with van der Waals surface area (Å²) in [6.07, 6.45) is 4.94. The van der Waals surface area contributed by atoms with Crippen LogP contribution in [-0.4, -0.2) is 4.98 Å². The fourth-order valence-corrected chi connectivity index (χ4v) is 3.72. The van der Waals surface area contributed by atoms with Gasteiger partial charge in [-0.05, 0) is 63.3 Å². The second kappa shape index (κ2) is 5.38. The minimum Gasteiger partial charge on any atom is -0.258 e. The number of fused-ring (bicyclic) bond motifs is 1. The molecule has 2 heteroatoms. The van der Waals surface area contributed by atoms with Crippen LogP contribution in [0.5, 0.6) is 0 Å². The Hall–Kier alpha value is -1.28. The topological polar surface area (TPSA) is 12.9 Å². The van der Waals surface area contributed by atoms with Crippen molar-refractivity contribution >= 4 is 11.8 Å². The highest BCUT2D eigenvalue weighted by Gasteiger charge is 2.16. The fraction of sp³-hybridized carbons (Fsp3) is 0.353. The first-order valence-electron chi connectivity index (χ1n) is 6.96. The predicted octanol–water partition coefficient (Wildman–Crippen LogP) is 4.73. The van der Waals surface area contributed by atoms with Gasteiger partial charge in [0.2, 0.25) is 0 Å². The maximum absolute atomic E-state index is 4.72. The summed E-state index contributed by atoms with van der Waals surface area (Å²) in [5.41, 5.74) is 5.29. The molecule has 1 aliphatic carbocycles. The Morgan fingerprint density at radius 2 is 1.74 bits per heavy atom. The Labute approximate surface area is 119 Å². The van der Waals surface area contributed by atoms with E-state index in [1.165, 1.54) is 45.9 Å². The largest absolute Gasteiger partial charge is 0.258 e. The minimum absolute atomic E-state index is 1.15. The van der Waals surface area contributed by atoms with Crippen LogP contribution in [0.2, 0.25) is 0 Å². The average Bonchev–Trinajstić information content (AvgIpc) is 2.41. The maximum atomic E-state index is 4.72. The van der Waals surface area contributed by atoms with E-state index in [4.69, 9.17) is 4.98 Å². The summed E-state index contributed by atoms with van der Waals surface area (Å²) >= 11 is 1.89. The zero-order valence-corrected chi connectivity index (χ0v) is 12.4. The van der Waals surface area contributed by atoms with E-state index >= 15 is 0 Å². The third kappa shape index (κ3) is 2.84. The van der Waals surface area contributed by atoms with Crippen molar-refractivity contribution in [2.75, 3.05) is 0 Å². The van der Waals surface area contributed by atoms with Gasteiger partial charge in [-0.2, -0.15) is 0 Å². The zero-order chi connectivity index (χ0) is 13.2. The second-order valence-corrected chi connectivity index (χ2v) is 6.42. The number of rotatable bonds is 2. The second-order valence-electron chi connectivity index (χ2n) is 5.31. The number of hydrogen-bond donors (Lipinski definition) is 0. The number of nitrogens with zero attached hydrogens (tertiary/aromatic N) is 1. The molecule has 0 amide bonds. The summed E-state index contributed by atoms with van der Waals surface area (Å²) in [5.74, 6) is 0. The van der Waals surface area contributed by atoms with Gasteiger partial charge in [0.25, 0.3) is 0 Å². The molecule has 1 aromatic carbocycles. The third-order valence-corrected chi connectivity index (χ3v) is 4.73. The number of benzene rings is 1. The Kier molecular flexibility index (Phi) is 3.61. The minimum atomic E-state index is 1.15. The fourth-order valence-electron chi connectivity index (χ4n) is 2.62. The van der Waals surface area contributed by atoms with Crippen LogP contribution in [0.15, 0.2) is 40.1 Å². The van der Waals surface area contributed by atoms with Gasteiger partial charge < -0.3 is 0 Å². The number of pyridine rings is 1. The van der Waals surface area contributed by atoms with Crippen LogP contribution in [-0.2, 0) is 12.8 Å². The van der Waals surface area contributed by atoms with Crippen molar-refractivity contribution in [3.8, 4) is 0 Å². The van der Waals surface area contributed by atoms with Gasteiger partial charge in [-0.3, -0.25) is 4.98 Å². The van der Waals surface area contributed by atoms with Crippen molar-refractivity contribution in [1.82, 2.24) is 4.98 Å². The lowest BCUT2D eigenvalue weighted by molar-refractivity contribution is 0.654. The first-order valence-corrected chi connectivity index (χ1v) is 7.78. The molecule has 0 unspecified atom stereocenters. The molecule has 0 atom stereocenters. The summed E-state index contributed by atoms with van der Waals surface area (Å²) in [6, 6.07) is 11.0. The van der Waals surface area contributed by atoms with Gasteiger partial charge in [-0.25, -0.2) is 0 Å². The number of aryl methyl sites for hydroxylation is 3. The van der Waals surface area contributed by atoms with Crippen LogP contribution >= 0.6 is 11.8 Å². The highest BCUT2D eigenvalue weighted by Crippen LogP contribution is 2.35. The molecule has 1 nitrogen and oxygen atoms in total. The zero-order valence-electron chi connectivity index (χ0n) is 11.6. The number of aromatic nitrogens is 1. The van der Waals surface area contributed by atoms with Crippen molar-refractivity contribution in [1.29, 1.82) is 0 Å². The molecular weight excluding hydrogens is 250 g/mol. The van der Waals surface area contributed by atoms with Crippen LogP contribution in [0.25, 0.3) is 0 Å². The van der Waals surface area contributed by atoms with Crippen LogP contribution in [0, 0.1) is 13.8 Å². The van der Waals surface area contributed by atoms with Gasteiger partial charge >= 0.3 is 0 Å². The third-order valence-electron chi connectivity index (χ3n) is 3.64. The monoisotopic (exact) mass is 269 g/mol. The molecule has 19 heavy (non-hydrogen) atoms. The van der Waals surface area contributed by atoms with Crippen LogP contribution in [0.4, 0.5) is 0 Å². The predicted molar refractivity (Wildman–Crippen MR) is 80.9 cm³/mol. The summed E-state index contributed by atoms with van der Waals surface area (Å²) in [5, 5.41) is 0. The Bertz CT molecular complexity index is 587. The van der Waals surface area contributed by atoms with Gasteiger partial charge in [0.05, 0.1) is 0 Å². The van der Waals surface area contributed by atoms with Crippen molar-refractivity contribution in [3.63, 3.8) is 0 Å². The molecule has 0 saturated carbocycles. The Morgan fingerprint density at radius 3 is 2.53 bits per heavy atom. The highest BCUT2D eigenvalue weighted by molar-refractivity contribution is 7.99. The van der Waals surface area contributed by atoms with E-state index in [-0.39, 0.29) is 0 Å². The van der Waals surface area contributed by atoms with E-state index < -0.39 is 0 Å². The lowest BCUT2D eigenvalue weighted by atomic mass is 9.96. The quantitative estimate of drug-likeness (QED) is 0.782. The van der Waals surface area contributed by atoms with E-state index in [2.05, 4.69) is 44.2 Å². The van der Waals surface area contributed by atoms with E-state index in [0.29, 0.717) is 0 Å². The standard InChI is InChI=1S/C17H19NS/c1-12-7-9-14(10-8-12)19-17-11-13(2)18-16-6-4-3-5-15(16)17/h7-11H,3-6H2,1-2H3. The molecule has 1 aliphatic rings. The van der Waals surface area contributed by atoms with Crippen LogP contribution in [0.1, 0.15) is 35.4 Å². The molecule has 0 fully saturated rings. The maximum Gasteiger partial charge on any atom is 0.0450 e. The highest BCUT2D eigenvalue weighted by atomic mass is 32.2. The molecule has 0 radical (unpaired) electrons. The molecule has 1 aromatic heterocycles. The molecule has 0 spiro atoms. The molecule has 0 bridgehead atoms. The van der Waals surface area contributed by atoms with E-state index in [1.54, 1.807) is 0 Å². The molecule has 0 aliphatic heterocycles. The van der Waals surface area contributed by atoms with Crippen molar-refractivity contribution in [2.45, 2.75) is 49.3 Å². The van der Waals surface area contributed by atoms with Gasteiger partial charge in [-0.1, -0.05) is 29.5 Å². The molecule has 3 rings (SSSR count). The van der Waals surface area contributed by atoms with Crippen molar-refractivity contribution in [3.05, 3.63) is 52.8 Å². The Balaban J connectivity index is 1.95. The summed E-state index contributed by atoms with van der Waals surface area (Å²) < 4.78 is 0. The molecule has 2 aromatic rings. The first kappa shape index (κ1) is 12.7. The molecular formula is C17H19NS. The molecule has 1 heterocycles. The van der Waals surface area contributed by atoms with Gasteiger partial charge in [-0.15, -0.1) is 0 Å². The van der Waals surface area contributed by atoms with Crippen molar-refractivity contribution in [2.24, 2.45) is 0 Å².